The van der Waals surface area contributed by atoms with Gasteiger partial charge < -0.3 is 14.6 Å². The molecule has 8 nitrogen and oxygen atoms in total. The van der Waals surface area contributed by atoms with Gasteiger partial charge in [-0.3, -0.25) is 13.9 Å². The zero-order valence-corrected chi connectivity index (χ0v) is 17.3. The first-order chi connectivity index (χ1) is 14.5. The number of anilines is 1. The highest BCUT2D eigenvalue weighted by Gasteiger charge is 2.14. The lowest BCUT2D eigenvalue weighted by molar-refractivity contribution is 0.484. The molecule has 2 aromatic heterocycles. The maximum absolute atomic E-state index is 12.5. The number of benzene rings is 2. The number of halogens is 1. The highest BCUT2D eigenvalue weighted by atomic mass is 35.5. The van der Waals surface area contributed by atoms with Gasteiger partial charge in [-0.2, -0.15) is 0 Å². The Labute approximate surface area is 176 Å². The van der Waals surface area contributed by atoms with E-state index in [9.17, 15) is 9.59 Å². The normalized spacial score (nSPS) is 11.0. The lowest BCUT2D eigenvalue weighted by Crippen LogP contribution is -2.37. The van der Waals surface area contributed by atoms with Gasteiger partial charge in [0.05, 0.1) is 12.0 Å². The number of fused-ring (bicyclic) bond motifs is 1. The highest BCUT2D eigenvalue weighted by molar-refractivity contribution is 6.30. The lowest BCUT2D eigenvalue weighted by atomic mass is 10.2. The third kappa shape index (κ3) is 3.69. The minimum absolute atomic E-state index is 0.360. The van der Waals surface area contributed by atoms with Crippen molar-refractivity contribution >= 4 is 28.5 Å². The number of nitrogens with zero attached hydrogens (tertiary/aromatic N) is 4. The molecule has 1 N–H and O–H groups in total. The smallest absolute Gasteiger partial charge is 0.332 e. The van der Waals surface area contributed by atoms with Crippen LogP contribution in [0.25, 0.3) is 11.2 Å². The van der Waals surface area contributed by atoms with Crippen LogP contribution in [0.1, 0.15) is 0 Å². The van der Waals surface area contributed by atoms with Crippen molar-refractivity contribution in [2.45, 2.75) is 6.54 Å². The Bertz CT molecular complexity index is 1320. The quantitative estimate of drug-likeness (QED) is 0.513. The number of aromatic nitrogens is 4. The summed E-state index contributed by atoms with van der Waals surface area (Å²) >= 11 is 6.16. The molecule has 9 heteroatoms. The Hall–Kier alpha value is -3.52. The van der Waals surface area contributed by atoms with E-state index < -0.39 is 5.69 Å². The van der Waals surface area contributed by atoms with E-state index in [4.69, 9.17) is 16.3 Å². The fourth-order valence-corrected chi connectivity index (χ4v) is 3.39. The fraction of sp³-hybridized carbons (Fsp3) is 0.190. The number of para-hydroxylation sites is 1. The van der Waals surface area contributed by atoms with Crippen LogP contribution in [-0.2, 0) is 20.6 Å². The summed E-state index contributed by atoms with van der Waals surface area (Å²) in [4.78, 5) is 28.9. The summed E-state index contributed by atoms with van der Waals surface area (Å²) in [6.07, 6.45) is 1.56. The molecule has 2 aromatic carbocycles. The van der Waals surface area contributed by atoms with Crippen molar-refractivity contribution in [1.29, 1.82) is 0 Å². The standard InChI is InChI=1S/C21H20ClN5O3/c1-25-19-18(20(28)26(2)21(25)29)27(13-24-19)11-10-23-16-12-14(22)8-9-17(16)30-15-6-4-3-5-7-15/h3-9,12-13,23H,10-11H2,1-2H3. The average Bonchev–Trinajstić information content (AvgIpc) is 3.17. The van der Waals surface area contributed by atoms with Gasteiger partial charge >= 0.3 is 5.69 Å². The van der Waals surface area contributed by atoms with Gasteiger partial charge in [0.1, 0.15) is 5.75 Å². The van der Waals surface area contributed by atoms with Crippen LogP contribution in [0.5, 0.6) is 11.5 Å². The Morgan fingerprint density at radius 1 is 1.07 bits per heavy atom. The van der Waals surface area contributed by atoms with Crippen LogP contribution in [0.15, 0.2) is 64.4 Å². The van der Waals surface area contributed by atoms with Gasteiger partial charge in [-0.25, -0.2) is 9.78 Å². The third-order valence-corrected chi connectivity index (χ3v) is 5.03. The van der Waals surface area contributed by atoms with Crippen molar-refractivity contribution in [2.75, 3.05) is 11.9 Å². The molecule has 0 aliphatic heterocycles. The number of rotatable bonds is 6. The molecular formula is C21H20ClN5O3. The Kier molecular flexibility index (Phi) is 5.33. The molecule has 0 atom stereocenters. The van der Waals surface area contributed by atoms with Crippen LogP contribution >= 0.6 is 11.6 Å². The topological polar surface area (TPSA) is 83.1 Å². The van der Waals surface area contributed by atoms with Crippen LogP contribution in [0.4, 0.5) is 5.69 Å². The molecule has 0 aliphatic rings. The Morgan fingerprint density at radius 2 is 1.83 bits per heavy atom. The predicted molar refractivity (Wildman–Crippen MR) is 117 cm³/mol. The first kappa shape index (κ1) is 19.8. The number of aryl methyl sites for hydroxylation is 1. The summed E-state index contributed by atoms with van der Waals surface area (Å²) in [6, 6.07) is 14.8. The molecule has 0 fully saturated rings. The van der Waals surface area contributed by atoms with Crippen LogP contribution < -0.4 is 21.3 Å². The Balaban J connectivity index is 1.56. The zero-order valence-electron chi connectivity index (χ0n) is 16.5. The molecule has 0 saturated heterocycles. The van der Waals surface area contributed by atoms with E-state index in [1.807, 2.05) is 30.3 Å². The second-order valence-electron chi connectivity index (χ2n) is 6.80. The summed E-state index contributed by atoms with van der Waals surface area (Å²) in [6.45, 7) is 0.949. The van der Waals surface area contributed by atoms with Gasteiger partial charge in [0.2, 0.25) is 0 Å². The van der Waals surface area contributed by atoms with E-state index in [0.717, 1.165) is 10.3 Å². The molecule has 0 amide bonds. The summed E-state index contributed by atoms with van der Waals surface area (Å²) < 4.78 is 10.1. The van der Waals surface area contributed by atoms with Crippen molar-refractivity contribution in [1.82, 2.24) is 18.7 Å². The Morgan fingerprint density at radius 3 is 2.60 bits per heavy atom. The van der Waals surface area contributed by atoms with E-state index in [2.05, 4.69) is 10.3 Å². The SMILES string of the molecule is Cn1c(=O)c2c(ncn2CCNc2cc(Cl)ccc2Oc2ccccc2)n(C)c1=O. The molecule has 2 heterocycles. The van der Waals surface area contributed by atoms with Crippen molar-refractivity contribution in [3.63, 3.8) is 0 Å². The summed E-state index contributed by atoms with van der Waals surface area (Å²) in [7, 11) is 3.05. The third-order valence-electron chi connectivity index (χ3n) is 4.80. The van der Waals surface area contributed by atoms with Crippen molar-refractivity contribution in [3.05, 3.63) is 80.7 Å². The van der Waals surface area contributed by atoms with E-state index >= 15 is 0 Å². The van der Waals surface area contributed by atoms with Crippen molar-refractivity contribution in [3.8, 4) is 11.5 Å². The fourth-order valence-electron chi connectivity index (χ4n) is 3.22. The number of hydrogen-bond donors (Lipinski definition) is 1. The van der Waals surface area contributed by atoms with Crippen LogP contribution in [0, 0.1) is 0 Å². The number of ether oxygens (including phenoxy) is 1. The minimum Gasteiger partial charge on any atom is -0.455 e. The monoisotopic (exact) mass is 425 g/mol. The van der Waals surface area contributed by atoms with E-state index in [1.165, 1.54) is 11.6 Å². The average molecular weight is 426 g/mol. The number of hydrogen-bond acceptors (Lipinski definition) is 5. The molecule has 4 rings (SSSR count). The summed E-state index contributed by atoms with van der Waals surface area (Å²) in [5.41, 5.74) is 0.697. The zero-order chi connectivity index (χ0) is 21.3. The van der Waals surface area contributed by atoms with Crippen LogP contribution in [0.2, 0.25) is 5.02 Å². The molecule has 0 radical (unpaired) electrons. The molecule has 0 bridgehead atoms. The van der Waals surface area contributed by atoms with Gasteiger partial charge in [0, 0.05) is 32.2 Å². The van der Waals surface area contributed by atoms with Gasteiger partial charge in [-0.1, -0.05) is 29.8 Å². The number of nitrogens with one attached hydrogen (secondary N) is 1. The molecule has 154 valence electrons. The van der Waals surface area contributed by atoms with Gasteiger partial charge in [-0.05, 0) is 30.3 Å². The van der Waals surface area contributed by atoms with E-state index in [1.54, 1.807) is 36.1 Å². The maximum Gasteiger partial charge on any atom is 0.332 e. The largest absolute Gasteiger partial charge is 0.455 e. The van der Waals surface area contributed by atoms with Gasteiger partial charge in [0.15, 0.2) is 16.9 Å². The van der Waals surface area contributed by atoms with Crippen molar-refractivity contribution in [2.24, 2.45) is 14.1 Å². The van der Waals surface area contributed by atoms with Gasteiger partial charge in [0.25, 0.3) is 5.56 Å². The first-order valence-electron chi connectivity index (χ1n) is 9.33. The second kappa shape index (κ2) is 8.08. The van der Waals surface area contributed by atoms with Crippen LogP contribution in [0.3, 0.4) is 0 Å². The maximum atomic E-state index is 12.5. The van der Waals surface area contributed by atoms with Crippen molar-refractivity contribution < 1.29 is 4.74 Å². The lowest BCUT2D eigenvalue weighted by Gasteiger charge is -2.14. The van der Waals surface area contributed by atoms with Crippen LogP contribution in [-0.4, -0.2) is 25.2 Å². The first-order valence-corrected chi connectivity index (χ1v) is 9.70. The molecule has 30 heavy (non-hydrogen) atoms. The second-order valence-corrected chi connectivity index (χ2v) is 7.23. The van der Waals surface area contributed by atoms with E-state index in [-0.39, 0.29) is 5.56 Å². The molecule has 0 unspecified atom stereocenters. The number of imidazole rings is 1. The summed E-state index contributed by atoms with van der Waals surface area (Å²) in [5, 5.41) is 3.88. The molecular weight excluding hydrogens is 406 g/mol. The summed E-state index contributed by atoms with van der Waals surface area (Å²) in [5.74, 6) is 1.35. The molecule has 4 aromatic rings. The highest BCUT2D eigenvalue weighted by Crippen LogP contribution is 2.31. The molecule has 0 aliphatic carbocycles. The van der Waals surface area contributed by atoms with E-state index in [0.29, 0.717) is 40.8 Å². The van der Waals surface area contributed by atoms with Gasteiger partial charge in [-0.15, -0.1) is 0 Å². The molecule has 0 saturated carbocycles. The molecule has 0 spiro atoms. The minimum atomic E-state index is -0.405. The predicted octanol–water partition coefficient (Wildman–Crippen LogP) is 2.99.